The van der Waals surface area contributed by atoms with Crippen LogP contribution in [-0.2, 0) is 22.3 Å². The number of aliphatic hydroxyl groups excluding tert-OH is 1. The average molecular weight is 321 g/mol. The molecule has 1 heterocycles. The van der Waals surface area contributed by atoms with Crippen molar-refractivity contribution in [3.05, 3.63) is 57.8 Å². The third kappa shape index (κ3) is 5.33. The molecule has 0 saturated carbocycles. The van der Waals surface area contributed by atoms with E-state index in [0.29, 0.717) is 0 Å². The van der Waals surface area contributed by atoms with Crippen LogP contribution in [-0.4, -0.2) is 20.1 Å². The first kappa shape index (κ1) is 15.7. The molecule has 2 aromatic rings. The van der Waals surface area contributed by atoms with Crippen molar-refractivity contribution >= 4 is 21.4 Å². The Morgan fingerprint density at radius 2 is 2.00 bits per heavy atom. The van der Waals surface area contributed by atoms with Crippen LogP contribution in [0.25, 0.3) is 0 Å². The van der Waals surface area contributed by atoms with Crippen LogP contribution in [0.1, 0.15) is 16.0 Å². The molecule has 0 aliphatic carbocycles. The van der Waals surface area contributed by atoms with Crippen LogP contribution in [0.2, 0.25) is 0 Å². The summed E-state index contributed by atoms with van der Waals surface area (Å²) in [5.41, 5.74) is 1.54. The molecule has 0 unspecified atom stereocenters. The standard InChI is InChI=1S/C15H15NO3S2/c17-8-4-7-14-9-15(20-11-14)10-16-21(18,19)12-13-5-2-1-3-6-13/h1-3,5-6,9,11,16-17H,8,10,12H2. The lowest BCUT2D eigenvalue weighted by Crippen LogP contribution is -2.24. The zero-order chi connectivity index (χ0) is 15.1. The molecule has 0 bridgehead atoms. The molecule has 0 radical (unpaired) electrons. The highest BCUT2D eigenvalue weighted by Gasteiger charge is 2.11. The second-order valence-corrected chi connectivity index (χ2v) is 7.13. The second-order valence-electron chi connectivity index (χ2n) is 4.33. The lowest BCUT2D eigenvalue weighted by molar-refractivity contribution is 0.350. The molecule has 0 fully saturated rings. The first-order valence-corrected chi connectivity index (χ1v) is 8.81. The zero-order valence-corrected chi connectivity index (χ0v) is 12.9. The van der Waals surface area contributed by atoms with Crippen LogP contribution >= 0.6 is 11.3 Å². The lowest BCUT2D eigenvalue weighted by Gasteiger charge is -2.05. The fourth-order valence-corrected chi connectivity index (χ4v) is 3.66. The molecular weight excluding hydrogens is 306 g/mol. The molecule has 0 aliphatic heterocycles. The average Bonchev–Trinajstić information content (AvgIpc) is 2.92. The smallest absolute Gasteiger partial charge is 0.216 e. The Bertz CT molecular complexity index is 740. The number of hydrogen-bond acceptors (Lipinski definition) is 4. The first-order chi connectivity index (χ1) is 10.1. The van der Waals surface area contributed by atoms with Gasteiger partial charge in [-0.25, -0.2) is 13.1 Å². The largest absolute Gasteiger partial charge is 0.384 e. The van der Waals surface area contributed by atoms with Crippen molar-refractivity contribution in [1.82, 2.24) is 4.72 Å². The van der Waals surface area contributed by atoms with Gasteiger partial charge in [-0.2, -0.15) is 0 Å². The molecule has 0 saturated heterocycles. The Hall–Kier alpha value is -1.65. The Balaban J connectivity index is 1.94. The molecule has 0 aliphatic rings. The summed E-state index contributed by atoms with van der Waals surface area (Å²) >= 11 is 1.44. The van der Waals surface area contributed by atoms with Crippen molar-refractivity contribution in [2.45, 2.75) is 12.3 Å². The molecule has 6 heteroatoms. The third-order valence-electron chi connectivity index (χ3n) is 2.63. The van der Waals surface area contributed by atoms with Crippen LogP contribution in [0.4, 0.5) is 0 Å². The van der Waals surface area contributed by atoms with Crippen LogP contribution in [0.5, 0.6) is 0 Å². The van der Waals surface area contributed by atoms with Crippen molar-refractivity contribution < 1.29 is 13.5 Å². The number of hydrogen-bond donors (Lipinski definition) is 2. The SMILES string of the molecule is O=S(=O)(Cc1ccccc1)NCc1cc(C#CCO)cs1. The fourth-order valence-electron chi connectivity index (χ4n) is 1.71. The van der Waals surface area contributed by atoms with Gasteiger partial charge in [-0.15, -0.1) is 11.3 Å². The van der Waals surface area contributed by atoms with Crippen molar-refractivity contribution in [1.29, 1.82) is 0 Å². The normalized spacial score (nSPS) is 10.9. The summed E-state index contributed by atoms with van der Waals surface area (Å²) in [6.45, 7) is 0.0650. The summed E-state index contributed by atoms with van der Waals surface area (Å²) in [5, 5.41) is 10.5. The van der Waals surface area contributed by atoms with Gasteiger partial charge in [0, 0.05) is 22.4 Å². The number of rotatable bonds is 5. The Labute approximate surface area is 128 Å². The van der Waals surface area contributed by atoms with Crippen LogP contribution < -0.4 is 4.72 Å². The maximum atomic E-state index is 12.0. The van der Waals surface area contributed by atoms with Gasteiger partial charge in [-0.1, -0.05) is 42.2 Å². The number of nitrogens with one attached hydrogen (secondary N) is 1. The van der Waals surface area contributed by atoms with Crippen molar-refractivity contribution in [3.63, 3.8) is 0 Å². The van der Waals surface area contributed by atoms with Crippen LogP contribution in [0.3, 0.4) is 0 Å². The van der Waals surface area contributed by atoms with E-state index in [1.807, 2.05) is 29.6 Å². The first-order valence-electron chi connectivity index (χ1n) is 6.27. The maximum absolute atomic E-state index is 12.0. The summed E-state index contributed by atoms with van der Waals surface area (Å²) in [6, 6.07) is 10.9. The highest BCUT2D eigenvalue weighted by atomic mass is 32.2. The molecule has 2 N–H and O–H groups in total. The molecule has 4 nitrogen and oxygen atoms in total. The Morgan fingerprint density at radius 3 is 2.71 bits per heavy atom. The predicted molar refractivity (Wildman–Crippen MR) is 84.2 cm³/mol. The molecule has 0 atom stereocenters. The molecule has 21 heavy (non-hydrogen) atoms. The number of sulfonamides is 1. The van der Waals surface area contributed by atoms with E-state index in [-0.39, 0.29) is 18.9 Å². The van der Waals surface area contributed by atoms with Crippen LogP contribution in [0.15, 0.2) is 41.8 Å². The van der Waals surface area contributed by atoms with Gasteiger partial charge in [-0.05, 0) is 11.6 Å². The maximum Gasteiger partial charge on any atom is 0.216 e. The van der Waals surface area contributed by atoms with E-state index in [9.17, 15) is 8.42 Å². The van der Waals surface area contributed by atoms with Gasteiger partial charge in [0.1, 0.15) is 6.61 Å². The fraction of sp³-hybridized carbons (Fsp3) is 0.200. The molecule has 0 amide bonds. The summed E-state index contributed by atoms with van der Waals surface area (Å²) in [7, 11) is -3.36. The van der Waals surface area contributed by atoms with E-state index in [4.69, 9.17) is 5.11 Å². The number of aliphatic hydroxyl groups is 1. The van der Waals surface area contributed by atoms with Gasteiger partial charge in [0.15, 0.2) is 0 Å². The van der Waals surface area contributed by atoms with E-state index in [1.54, 1.807) is 12.1 Å². The monoisotopic (exact) mass is 321 g/mol. The minimum Gasteiger partial charge on any atom is -0.384 e. The van der Waals surface area contributed by atoms with Gasteiger partial charge < -0.3 is 5.11 Å². The van der Waals surface area contributed by atoms with Gasteiger partial charge in [0.2, 0.25) is 10.0 Å². The molecule has 1 aromatic heterocycles. The Kier molecular flexibility index (Phi) is 5.53. The summed E-state index contributed by atoms with van der Waals surface area (Å²) in [5.74, 6) is 5.31. The summed E-state index contributed by atoms with van der Waals surface area (Å²) < 4.78 is 26.5. The third-order valence-corrected chi connectivity index (χ3v) is 4.87. The van der Waals surface area contributed by atoms with E-state index in [1.165, 1.54) is 11.3 Å². The molecule has 1 aromatic carbocycles. The van der Waals surface area contributed by atoms with Gasteiger partial charge in [-0.3, -0.25) is 0 Å². The van der Waals surface area contributed by atoms with E-state index in [2.05, 4.69) is 16.6 Å². The number of thiophene rings is 1. The minimum absolute atomic E-state index is 0.0314. The van der Waals surface area contributed by atoms with Crippen molar-refractivity contribution in [2.24, 2.45) is 0 Å². The second kappa shape index (κ2) is 7.38. The molecule has 2 rings (SSSR count). The summed E-state index contributed by atoms with van der Waals surface area (Å²) in [6.07, 6.45) is 0. The van der Waals surface area contributed by atoms with Gasteiger partial charge in [0.05, 0.1) is 5.75 Å². The molecular formula is C15H15NO3S2. The number of benzene rings is 1. The van der Waals surface area contributed by atoms with Gasteiger partial charge >= 0.3 is 0 Å². The molecule has 0 spiro atoms. The molecule has 110 valence electrons. The topological polar surface area (TPSA) is 66.4 Å². The van der Waals surface area contributed by atoms with Crippen molar-refractivity contribution in [2.75, 3.05) is 6.61 Å². The highest BCUT2D eigenvalue weighted by Crippen LogP contribution is 2.14. The predicted octanol–water partition coefficient (Wildman–Crippen LogP) is 1.71. The van der Waals surface area contributed by atoms with Crippen LogP contribution in [0, 0.1) is 11.8 Å². The van der Waals surface area contributed by atoms with E-state index in [0.717, 1.165) is 16.0 Å². The quantitative estimate of drug-likeness (QED) is 0.824. The highest BCUT2D eigenvalue weighted by molar-refractivity contribution is 7.88. The lowest BCUT2D eigenvalue weighted by atomic mass is 10.2. The summed E-state index contributed by atoms with van der Waals surface area (Å²) in [4.78, 5) is 0.883. The minimum atomic E-state index is -3.36. The van der Waals surface area contributed by atoms with E-state index >= 15 is 0 Å². The van der Waals surface area contributed by atoms with Crippen molar-refractivity contribution in [3.8, 4) is 11.8 Å². The van der Waals surface area contributed by atoms with Gasteiger partial charge in [0.25, 0.3) is 0 Å². The zero-order valence-electron chi connectivity index (χ0n) is 11.2. The Morgan fingerprint density at radius 1 is 1.24 bits per heavy atom. The van der Waals surface area contributed by atoms with E-state index < -0.39 is 10.0 Å².